The molecule has 4 N–H and O–H groups in total. The fourth-order valence-electron chi connectivity index (χ4n) is 6.52. The summed E-state index contributed by atoms with van der Waals surface area (Å²) in [5.41, 5.74) is 2.07. The zero-order valence-electron chi connectivity index (χ0n) is 20.9. The van der Waals surface area contributed by atoms with Gasteiger partial charge in [-0.15, -0.1) is 0 Å². The van der Waals surface area contributed by atoms with Gasteiger partial charge in [-0.1, -0.05) is 54.6 Å². The zero-order valence-corrected chi connectivity index (χ0v) is 20.9. The van der Waals surface area contributed by atoms with Crippen molar-refractivity contribution in [1.29, 1.82) is 0 Å². The number of aromatic nitrogens is 3. The maximum Gasteiger partial charge on any atom is 0.289 e. The smallest absolute Gasteiger partial charge is 0.289 e. The summed E-state index contributed by atoms with van der Waals surface area (Å²) in [5, 5.41) is 4.78. The highest BCUT2D eigenvalue weighted by Gasteiger charge is 2.68. The number of aromatic amines is 3. The summed E-state index contributed by atoms with van der Waals surface area (Å²) in [6.45, 7) is 0. The first kappa shape index (κ1) is 22.5. The number of fused-ring (bicyclic) bond motifs is 3. The van der Waals surface area contributed by atoms with Crippen molar-refractivity contribution in [3.05, 3.63) is 108 Å². The van der Waals surface area contributed by atoms with E-state index in [0.717, 1.165) is 27.3 Å². The van der Waals surface area contributed by atoms with Gasteiger partial charge in [0.15, 0.2) is 17.1 Å². The molecule has 1 atom stereocenters. The van der Waals surface area contributed by atoms with Crippen molar-refractivity contribution in [2.45, 2.75) is 11.5 Å². The minimum Gasteiger partial charge on any atom is -0.361 e. The summed E-state index contributed by atoms with van der Waals surface area (Å²) in [6.07, 6.45) is 5.03. The van der Waals surface area contributed by atoms with Crippen LogP contribution in [0.3, 0.4) is 0 Å². The van der Waals surface area contributed by atoms with Crippen LogP contribution in [0.4, 0.5) is 0 Å². The van der Waals surface area contributed by atoms with Crippen LogP contribution in [0.1, 0.15) is 22.6 Å². The quantitative estimate of drug-likeness (QED) is 0.202. The number of hydrogen-bond donors (Lipinski definition) is 4. The number of nitrogens with one attached hydrogen (secondary N) is 4. The van der Waals surface area contributed by atoms with Gasteiger partial charge >= 0.3 is 0 Å². The van der Waals surface area contributed by atoms with Crippen molar-refractivity contribution in [1.82, 2.24) is 20.3 Å². The predicted molar refractivity (Wildman–Crippen MR) is 150 cm³/mol. The molecule has 0 bridgehead atoms. The van der Waals surface area contributed by atoms with Gasteiger partial charge in [-0.2, -0.15) is 0 Å². The van der Waals surface area contributed by atoms with Gasteiger partial charge in [0.05, 0.1) is 5.92 Å². The van der Waals surface area contributed by atoms with Gasteiger partial charge in [-0.05, 0) is 23.8 Å². The number of carbonyl (C=O) groups excluding carboxylic acids is 4. The number of amides is 1. The Morgan fingerprint density at radius 1 is 0.550 bits per heavy atom. The standard InChI is InChI=1S/C32H20N4O4/c37-28-27(21-15-35-24-12-6-3-9-18(21)24)32(36-31(28)40)29(38)25(19-13-33-22-10-4-1-7-16(19)22)26(30(32)39)20-14-34-23-11-5-2-8-17(20)23/h1-15,27,33-35H,(H,36,40). The fourth-order valence-corrected chi connectivity index (χ4v) is 6.52. The molecule has 1 aliphatic heterocycles. The van der Waals surface area contributed by atoms with Gasteiger partial charge in [0, 0.05) is 73.6 Å². The van der Waals surface area contributed by atoms with Gasteiger partial charge in [-0.25, -0.2) is 0 Å². The van der Waals surface area contributed by atoms with E-state index in [2.05, 4.69) is 20.3 Å². The van der Waals surface area contributed by atoms with Crippen LogP contribution in [0.25, 0.3) is 43.9 Å². The molecule has 1 saturated heterocycles. The van der Waals surface area contributed by atoms with E-state index < -0.39 is 34.7 Å². The summed E-state index contributed by atoms with van der Waals surface area (Å²) >= 11 is 0. The van der Waals surface area contributed by atoms with E-state index in [-0.39, 0.29) is 11.1 Å². The van der Waals surface area contributed by atoms with E-state index in [0.29, 0.717) is 22.1 Å². The van der Waals surface area contributed by atoms with E-state index >= 15 is 0 Å². The average Bonchev–Trinajstić information content (AvgIpc) is 3.78. The molecular weight excluding hydrogens is 504 g/mol. The molecule has 2 aliphatic rings. The molecule has 6 aromatic rings. The Hall–Kier alpha value is -5.50. The summed E-state index contributed by atoms with van der Waals surface area (Å²) in [5.74, 6) is -4.30. The Kier molecular flexibility index (Phi) is 4.36. The first-order valence-electron chi connectivity index (χ1n) is 12.9. The number of hydrogen-bond acceptors (Lipinski definition) is 4. The van der Waals surface area contributed by atoms with E-state index in [1.54, 1.807) is 18.6 Å². The third-order valence-electron chi connectivity index (χ3n) is 8.30. The highest BCUT2D eigenvalue weighted by molar-refractivity contribution is 6.62. The lowest BCUT2D eigenvalue weighted by molar-refractivity contribution is -0.135. The fraction of sp³-hybridized carbons (Fsp3) is 0.0625. The second-order valence-corrected chi connectivity index (χ2v) is 10.3. The molecule has 3 aromatic carbocycles. The van der Waals surface area contributed by atoms with Crippen LogP contribution in [0.15, 0.2) is 91.4 Å². The minimum atomic E-state index is -2.11. The Morgan fingerprint density at radius 3 is 1.55 bits per heavy atom. The van der Waals surface area contributed by atoms with Crippen LogP contribution in [0.2, 0.25) is 0 Å². The Bertz CT molecular complexity index is 2040. The zero-order chi connectivity index (χ0) is 27.2. The lowest BCUT2D eigenvalue weighted by Crippen LogP contribution is -2.55. The molecule has 1 amide bonds. The maximum absolute atomic E-state index is 14.8. The third kappa shape index (κ3) is 2.69. The lowest BCUT2D eigenvalue weighted by Gasteiger charge is -2.27. The molecule has 1 aliphatic carbocycles. The molecule has 1 spiro atoms. The molecule has 3 aromatic heterocycles. The Morgan fingerprint density at radius 2 is 1.00 bits per heavy atom. The second-order valence-electron chi connectivity index (χ2n) is 10.3. The van der Waals surface area contributed by atoms with Crippen molar-refractivity contribution in [2.75, 3.05) is 0 Å². The van der Waals surface area contributed by atoms with E-state index in [1.807, 2.05) is 72.8 Å². The predicted octanol–water partition coefficient (Wildman–Crippen LogP) is 4.41. The molecule has 192 valence electrons. The topological polar surface area (TPSA) is 128 Å². The molecule has 1 unspecified atom stereocenters. The summed E-state index contributed by atoms with van der Waals surface area (Å²) in [7, 11) is 0. The van der Waals surface area contributed by atoms with Crippen LogP contribution in [-0.2, 0) is 19.2 Å². The number of ketones is 3. The summed E-state index contributed by atoms with van der Waals surface area (Å²) in [4.78, 5) is 65.7. The first-order chi connectivity index (χ1) is 19.5. The molecule has 8 rings (SSSR count). The average molecular weight is 525 g/mol. The van der Waals surface area contributed by atoms with E-state index in [1.165, 1.54) is 0 Å². The van der Waals surface area contributed by atoms with Crippen LogP contribution in [-0.4, -0.2) is 43.7 Å². The van der Waals surface area contributed by atoms with E-state index in [9.17, 15) is 19.2 Å². The highest BCUT2D eigenvalue weighted by atomic mass is 16.2. The molecular formula is C32H20N4O4. The number of para-hydroxylation sites is 3. The first-order valence-corrected chi connectivity index (χ1v) is 12.9. The molecule has 40 heavy (non-hydrogen) atoms. The van der Waals surface area contributed by atoms with Crippen molar-refractivity contribution in [3.63, 3.8) is 0 Å². The largest absolute Gasteiger partial charge is 0.361 e. The van der Waals surface area contributed by atoms with Crippen molar-refractivity contribution >= 4 is 67.1 Å². The Labute approximate surface area is 226 Å². The number of Topliss-reactive ketones (excluding diaryl/α,β-unsaturated/α-hetero) is 3. The SMILES string of the molecule is O=C1NC2(C(=O)C(c3c[nH]c4ccccc34)=C(c3c[nH]c4ccccc34)C2=O)C(c2c[nH]c3ccccc23)C1=O. The van der Waals surface area contributed by atoms with Crippen LogP contribution in [0.5, 0.6) is 0 Å². The molecule has 0 radical (unpaired) electrons. The van der Waals surface area contributed by atoms with Gasteiger partial charge in [0.25, 0.3) is 5.91 Å². The maximum atomic E-state index is 14.8. The number of benzene rings is 3. The minimum absolute atomic E-state index is 0.173. The van der Waals surface area contributed by atoms with Crippen LogP contribution in [0, 0.1) is 0 Å². The highest BCUT2D eigenvalue weighted by Crippen LogP contribution is 2.51. The molecule has 8 nitrogen and oxygen atoms in total. The van der Waals surface area contributed by atoms with Crippen LogP contribution < -0.4 is 5.32 Å². The van der Waals surface area contributed by atoms with E-state index in [4.69, 9.17) is 0 Å². The number of H-pyrrole nitrogens is 3. The van der Waals surface area contributed by atoms with Gasteiger partial charge < -0.3 is 20.3 Å². The Balaban J connectivity index is 1.44. The van der Waals surface area contributed by atoms with Crippen molar-refractivity contribution in [2.24, 2.45) is 0 Å². The molecule has 8 heteroatoms. The van der Waals surface area contributed by atoms with Crippen molar-refractivity contribution < 1.29 is 19.2 Å². The van der Waals surface area contributed by atoms with Gasteiger partial charge in [-0.3, -0.25) is 19.2 Å². The summed E-state index contributed by atoms with van der Waals surface area (Å²) < 4.78 is 0. The third-order valence-corrected chi connectivity index (χ3v) is 8.30. The molecule has 0 saturated carbocycles. The second kappa shape index (κ2) is 7.77. The molecule has 4 heterocycles. The number of rotatable bonds is 3. The van der Waals surface area contributed by atoms with Crippen molar-refractivity contribution in [3.8, 4) is 0 Å². The lowest BCUT2D eigenvalue weighted by atomic mass is 9.75. The summed E-state index contributed by atoms with van der Waals surface area (Å²) in [6, 6.07) is 22.3. The number of carbonyl (C=O) groups is 4. The van der Waals surface area contributed by atoms with Gasteiger partial charge in [0.1, 0.15) is 0 Å². The monoisotopic (exact) mass is 524 g/mol. The normalized spacial score (nSPS) is 18.8. The molecule has 1 fully saturated rings. The van der Waals surface area contributed by atoms with Gasteiger partial charge in [0.2, 0.25) is 5.78 Å². The van der Waals surface area contributed by atoms with Crippen LogP contribution >= 0.6 is 0 Å².